The van der Waals surface area contributed by atoms with E-state index in [1.807, 2.05) is 18.2 Å². The van der Waals surface area contributed by atoms with Crippen molar-refractivity contribution in [2.45, 2.75) is 13.3 Å². The fourth-order valence-corrected chi connectivity index (χ4v) is 2.92. The van der Waals surface area contributed by atoms with Gasteiger partial charge in [-0.3, -0.25) is 10.8 Å². The molecule has 0 saturated heterocycles. The summed E-state index contributed by atoms with van der Waals surface area (Å²) >= 11 is 6.97. The normalized spacial score (nSPS) is 10.8. The first kappa shape index (κ1) is 11.8. The van der Waals surface area contributed by atoms with Crippen LogP contribution in [0.1, 0.15) is 12.6 Å². The molecule has 0 radical (unpaired) electrons. The summed E-state index contributed by atoms with van der Waals surface area (Å²) in [6.07, 6.45) is 0.882. The van der Waals surface area contributed by atoms with E-state index in [4.69, 9.17) is 5.84 Å². The van der Waals surface area contributed by atoms with Crippen molar-refractivity contribution in [2.75, 3.05) is 5.43 Å². The fraction of sp³-hybridized carbons (Fsp3) is 0.182. The number of hydrogen-bond donors (Lipinski definition) is 2. The number of hydrogen-bond acceptors (Lipinski definition) is 3. The highest BCUT2D eigenvalue weighted by Gasteiger charge is 2.08. The Morgan fingerprint density at radius 1 is 1.31 bits per heavy atom. The topological polar surface area (TPSA) is 50.9 Å². The van der Waals surface area contributed by atoms with E-state index in [2.05, 4.69) is 49.2 Å². The number of hydrazine groups is 1. The first-order chi connectivity index (χ1) is 7.65. The van der Waals surface area contributed by atoms with Crippen molar-refractivity contribution in [3.63, 3.8) is 0 Å². The summed E-state index contributed by atoms with van der Waals surface area (Å²) < 4.78 is 1.96. The van der Waals surface area contributed by atoms with Crippen LogP contribution in [0.3, 0.4) is 0 Å². The Balaban J connectivity index is 2.83. The second kappa shape index (κ2) is 4.69. The summed E-state index contributed by atoms with van der Waals surface area (Å²) in [6.45, 7) is 2.07. The second-order valence-electron chi connectivity index (χ2n) is 3.44. The van der Waals surface area contributed by atoms with E-state index in [9.17, 15) is 0 Å². The van der Waals surface area contributed by atoms with Crippen molar-refractivity contribution >= 4 is 48.5 Å². The molecule has 0 amide bonds. The lowest BCUT2D eigenvalue weighted by Crippen LogP contribution is -2.08. The molecule has 0 unspecified atom stereocenters. The first-order valence-electron chi connectivity index (χ1n) is 4.91. The van der Waals surface area contributed by atoms with E-state index < -0.39 is 0 Å². The van der Waals surface area contributed by atoms with Gasteiger partial charge < -0.3 is 5.43 Å². The second-order valence-corrected chi connectivity index (χ2v) is 5.21. The van der Waals surface area contributed by atoms with Crippen LogP contribution in [0.2, 0.25) is 0 Å². The maximum Gasteiger partial charge on any atom is 0.0869 e. The van der Waals surface area contributed by atoms with Gasteiger partial charge in [-0.25, -0.2) is 0 Å². The van der Waals surface area contributed by atoms with Gasteiger partial charge in [0.15, 0.2) is 0 Å². The minimum atomic E-state index is 0.882. The monoisotopic (exact) mass is 343 g/mol. The minimum Gasteiger partial charge on any atom is -0.323 e. The maximum atomic E-state index is 5.53. The Morgan fingerprint density at radius 3 is 2.69 bits per heavy atom. The Morgan fingerprint density at radius 2 is 2.06 bits per heavy atom. The number of pyridine rings is 1. The van der Waals surface area contributed by atoms with Gasteiger partial charge in [0.1, 0.15) is 0 Å². The summed E-state index contributed by atoms with van der Waals surface area (Å²) in [7, 11) is 0. The largest absolute Gasteiger partial charge is 0.323 e. The molecule has 2 rings (SSSR count). The van der Waals surface area contributed by atoms with Gasteiger partial charge in [0, 0.05) is 20.0 Å². The SMILES string of the molecule is CCc1cc(NN)c2cc(Br)cc(Br)c2n1. The number of fused-ring (bicyclic) bond motifs is 1. The van der Waals surface area contributed by atoms with Gasteiger partial charge in [0.25, 0.3) is 0 Å². The van der Waals surface area contributed by atoms with Crippen LogP contribution < -0.4 is 11.3 Å². The smallest absolute Gasteiger partial charge is 0.0869 e. The molecule has 84 valence electrons. The van der Waals surface area contributed by atoms with E-state index in [1.54, 1.807) is 0 Å². The number of nitrogen functional groups attached to an aromatic ring is 1. The van der Waals surface area contributed by atoms with Crippen LogP contribution in [0.25, 0.3) is 10.9 Å². The number of benzene rings is 1. The standard InChI is InChI=1S/C11H11Br2N3/c1-2-7-5-10(16-14)8-3-6(12)4-9(13)11(8)15-7/h3-5H,2,14H2,1H3,(H,15,16). The van der Waals surface area contributed by atoms with Crippen LogP contribution in [0.5, 0.6) is 0 Å². The predicted molar refractivity (Wildman–Crippen MR) is 74.3 cm³/mol. The van der Waals surface area contributed by atoms with Crippen LogP contribution >= 0.6 is 31.9 Å². The Kier molecular flexibility index (Phi) is 3.47. The lowest BCUT2D eigenvalue weighted by molar-refractivity contribution is 1.05. The predicted octanol–water partition coefficient (Wildman–Crippen LogP) is 3.61. The maximum absolute atomic E-state index is 5.53. The number of aromatic nitrogens is 1. The fourth-order valence-electron chi connectivity index (χ4n) is 1.61. The lowest BCUT2D eigenvalue weighted by Gasteiger charge is -2.09. The lowest BCUT2D eigenvalue weighted by atomic mass is 10.1. The zero-order valence-corrected chi connectivity index (χ0v) is 11.9. The van der Waals surface area contributed by atoms with Crippen molar-refractivity contribution < 1.29 is 0 Å². The summed E-state index contributed by atoms with van der Waals surface area (Å²) in [5.41, 5.74) is 5.55. The molecule has 5 heteroatoms. The molecule has 1 aromatic carbocycles. The van der Waals surface area contributed by atoms with Crippen LogP contribution in [-0.2, 0) is 6.42 Å². The summed E-state index contributed by atoms with van der Waals surface area (Å²) in [6, 6.07) is 5.96. The Labute approximate surface area is 111 Å². The number of rotatable bonds is 2. The quantitative estimate of drug-likeness (QED) is 0.646. The average molecular weight is 345 g/mol. The van der Waals surface area contributed by atoms with Gasteiger partial charge in [-0.2, -0.15) is 0 Å². The molecule has 0 aliphatic carbocycles. The van der Waals surface area contributed by atoms with Crippen molar-refractivity contribution in [3.05, 3.63) is 32.8 Å². The number of nitrogens with one attached hydrogen (secondary N) is 1. The third-order valence-electron chi connectivity index (χ3n) is 2.40. The zero-order chi connectivity index (χ0) is 11.7. The molecule has 0 aliphatic heterocycles. The third-order valence-corrected chi connectivity index (χ3v) is 3.46. The highest BCUT2D eigenvalue weighted by atomic mass is 79.9. The van der Waals surface area contributed by atoms with Gasteiger partial charge in [0.2, 0.25) is 0 Å². The van der Waals surface area contributed by atoms with Crippen molar-refractivity contribution in [3.8, 4) is 0 Å². The first-order valence-corrected chi connectivity index (χ1v) is 6.49. The molecule has 16 heavy (non-hydrogen) atoms. The van der Waals surface area contributed by atoms with Crippen LogP contribution in [-0.4, -0.2) is 4.98 Å². The van der Waals surface area contributed by atoms with Gasteiger partial charge in [-0.15, -0.1) is 0 Å². The van der Waals surface area contributed by atoms with E-state index in [0.29, 0.717) is 0 Å². The zero-order valence-electron chi connectivity index (χ0n) is 8.72. The van der Waals surface area contributed by atoms with Crippen LogP contribution in [0, 0.1) is 0 Å². The molecular formula is C11H11Br2N3. The van der Waals surface area contributed by atoms with E-state index >= 15 is 0 Å². The molecule has 0 fully saturated rings. The molecule has 2 aromatic rings. The summed E-state index contributed by atoms with van der Waals surface area (Å²) in [5, 5.41) is 1.00. The average Bonchev–Trinajstić information content (AvgIpc) is 2.28. The highest BCUT2D eigenvalue weighted by Crippen LogP contribution is 2.32. The number of halogens is 2. The highest BCUT2D eigenvalue weighted by molar-refractivity contribution is 9.11. The molecule has 0 bridgehead atoms. The third kappa shape index (κ3) is 2.07. The van der Waals surface area contributed by atoms with Gasteiger partial charge in [0.05, 0.1) is 11.2 Å². The molecule has 0 spiro atoms. The molecule has 0 aliphatic rings. The molecule has 3 nitrogen and oxygen atoms in total. The van der Waals surface area contributed by atoms with E-state index in [0.717, 1.165) is 37.7 Å². The molecule has 1 aromatic heterocycles. The number of nitrogens with two attached hydrogens (primary N) is 1. The molecular weight excluding hydrogens is 334 g/mol. The molecule has 0 saturated carbocycles. The van der Waals surface area contributed by atoms with Crippen LogP contribution in [0.15, 0.2) is 27.1 Å². The summed E-state index contributed by atoms with van der Waals surface area (Å²) in [5.74, 6) is 5.53. The minimum absolute atomic E-state index is 0.882. The Bertz CT molecular complexity index is 540. The van der Waals surface area contributed by atoms with Crippen molar-refractivity contribution in [1.82, 2.24) is 4.98 Å². The van der Waals surface area contributed by atoms with Crippen LogP contribution in [0.4, 0.5) is 5.69 Å². The summed E-state index contributed by atoms with van der Waals surface area (Å²) in [4.78, 5) is 4.58. The number of aryl methyl sites for hydroxylation is 1. The van der Waals surface area contributed by atoms with Crippen molar-refractivity contribution in [2.24, 2.45) is 5.84 Å². The van der Waals surface area contributed by atoms with Gasteiger partial charge in [-0.1, -0.05) is 22.9 Å². The van der Waals surface area contributed by atoms with E-state index in [-0.39, 0.29) is 0 Å². The molecule has 1 heterocycles. The van der Waals surface area contributed by atoms with Crippen molar-refractivity contribution in [1.29, 1.82) is 0 Å². The number of anilines is 1. The molecule has 3 N–H and O–H groups in total. The Hall–Kier alpha value is -0.650. The van der Waals surface area contributed by atoms with Gasteiger partial charge in [-0.05, 0) is 40.5 Å². The van der Waals surface area contributed by atoms with E-state index in [1.165, 1.54) is 0 Å². The van der Waals surface area contributed by atoms with Gasteiger partial charge >= 0.3 is 0 Å². The molecule has 0 atom stereocenters. The number of nitrogens with zero attached hydrogens (tertiary/aromatic N) is 1.